The van der Waals surface area contributed by atoms with Gasteiger partial charge in [0.25, 0.3) is 0 Å². The number of esters is 1. The number of aromatic hydroxyl groups is 2. The molecule has 0 amide bonds. The van der Waals surface area contributed by atoms with Crippen LogP contribution in [0.2, 0.25) is 0 Å². The fourth-order valence-corrected chi connectivity index (χ4v) is 3.86. The molecule has 8 nitrogen and oxygen atoms in total. The quantitative estimate of drug-likeness (QED) is 0.421. The smallest absolute Gasteiger partial charge is 0.340 e. The van der Waals surface area contributed by atoms with Crippen LogP contribution in [0.25, 0.3) is 0 Å². The van der Waals surface area contributed by atoms with Gasteiger partial charge < -0.3 is 19.7 Å². The lowest BCUT2D eigenvalue weighted by molar-refractivity contribution is 0.0224. The molecule has 0 unspecified atom stereocenters. The number of hydrogen-bond acceptors (Lipinski definition) is 8. The van der Waals surface area contributed by atoms with E-state index in [1.807, 2.05) is 12.1 Å². The van der Waals surface area contributed by atoms with Crippen molar-refractivity contribution in [1.29, 1.82) is 0 Å². The van der Waals surface area contributed by atoms with Crippen molar-refractivity contribution in [3.05, 3.63) is 102 Å². The van der Waals surface area contributed by atoms with Gasteiger partial charge in [0.2, 0.25) is 0 Å². The summed E-state index contributed by atoms with van der Waals surface area (Å²) >= 11 is 0. The summed E-state index contributed by atoms with van der Waals surface area (Å²) in [6, 6.07) is 16.6. The minimum absolute atomic E-state index is 0.0371. The lowest BCUT2D eigenvalue weighted by Crippen LogP contribution is -2.32. The van der Waals surface area contributed by atoms with Crippen LogP contribution >= 0.6 is 0 Å². The second-order valence-corrected chi connectivity index (χ2v) is 6.87. The van der Waals surface area contributed by atoms with E-state index < -0.39 is 11.6 Å². The second-order valence-electron chi connectivity index (χ2n) is 6.87. The SMILES string of the molecule is O=C1OC2(c3ccc(O)cc3Oc3cc(O)ccc32)c2ccccc21.c1ncncn1. The first-order chi connectivity index (χ1) is 15.1. The number of rotatable bonds is 0. The van der Waals surface area contributed by atoms with Gasteiger partial charge in [-0.05, 0) is 30.3 Å². The number of carbonyl (C=O) groups is 1. The van der Waals surface area contributed by atoms with Gasteiger partial charge in [0, 0.05) is 28.8 Å². The van der Waals surface area contributed by atoms with E-state index in [4.69, 9.17) is 9.47 Å². The standard InChI is InChI=1S/C20H12O5.C3H3N3/c21-11-5-7-15-17(9-11)24-18-10-12(22)6-8-16(18)20(15)14-4-2-1-3-13(14)19(23)25-20;1-4-2-6-3-5-1/h1-10,21-22H;1-3H. The summed E-state index contributed by atoms with van der Waals surface area (Å²) in [6.45, 7) is 0. The maximum Gasteiger partial charge on any atom is 0.340 e. The Bertz CT molecular complexity index is 1220. The number of hydrogen-bond donors (Lipinski definition) is 2. The monoisotopic (exact) mass is 413 g/mol. The molecule has 2 aliphatic rings. The van der Waals surface area contributed by atoms with Crippen molar-refractivity contribution in [2.75, 3.05) is 0 Å². The van der Waals surface area contributed by atoms with Gasteiger partial charge in [-0.3, -0.25) is 0 Å². The van der Waals surface area contributed by atoms with Crippen LogP contribution in [0.4, 0.5) is 0 Å². The molecule has 3 aromatic carbocycles. The van der Waals surface area contributed by atoms with E-state index in [9.17, 15) is 15.0 Å². The molecule has 0 radical (unpaired) electrons. The summed E-state index contributed by atoms with van der Waals surface area (Å²) in [5.41, 5.74) is 1.28. The molecular formula is C23H15N3O5. The molecule has 1 spiro atoms. The van der Waals surface area contributed by atoms with E-state index in [1.165, 1.54) is 43.2 Å². The summed E-state index contributed by atoms with van der Waals surface area (Å²) in [7, 11) is 0. The number of ether oxygens (including phenoxy) is 2. The summed E-state index contributed by atoms with van der Waals surface area (Å²) in [5.74, 6) is 0.408. The molecule has 8 heteroatoms. The number of fused-ring (bicyclic) bond motifs is 6. The third-order valence-electron chi connectivity index (χ3n) is 5.08. The van der Waals surface area contributed by atoms with Gasteiger partial charge in [0.1, 0.15) is 42.0 Å². The van der Waals surface area contributed by atoms with E-state index in [0.717, 1.165) is 0 Å². The molecule has 0 saturated carbocycles. The average Bonchev–Trinajstić information content (AvgIpc) is 3.08. The Morgan fingerprint density at radius 1 is 0.710 bits per heavy atom. The fourth-order valence-electron chi connectivity index (χ4n) is 3.86. The number of phenolic OH excluding ortho intramolecular Hbond substituents is 2. The van der Waals surface area contributed by atoms with Crippen molar-refractivity contribution < 1.29 is 24.5 Å². The lowest BCUT2D eigenvalue weighted by atomic mass is 9.77. The molecule has 2 aliphatic heterocycles. The number of benzene rings is 3. The number of phenols is 2. The van der Waals surface area contributed by atoms with Gasteiger partial charge in [0.15, 0.2) is 5.60 Å². The molecule has 0 fully saturated rings. The molecule has 2 N–H and O–H groups in total. The third-order valence-corrected chi connectivity index (χ3v) is 5.08. The van der Waals surface area contributed by atoms with Crippen LogP contribution in [-0.4, -0.2) is 31.1 Å². The van der Waals surface area contributed by atoms with Crippen molar-refractivity contribution >= 4 is 5.97 Å². The number of nitrogens with zero attached hydrogens (tertiary/aromatic N) is 3. The Labute approximate surface area is 176 Å². The molecule has 0 saturated heterocycles. The highest BCUT2D eigenvalue weighted by molar-refractivity contribution is 5.97. The van der Waals surface area contributed by atoms with Crippen LogP contribution in [0.1, 0.15) is 27.0 Å². The molecule has 0 aliphatic carbocycles. The maximum atomic E-state index is 12.5. The number of carbonyl (C=O) groups excluding carboxylic acids is 1. The van der Waals surface area contributed by atoms with Gasteiger partial charge >= 0.3 is 5.97 Å². The van der Waals surface area contributed by atoms with Crippen molar-refractivity contribution in [2.24, 2.45) is 0 Å². The maximum absolute atomic E-state index is 12.5. The average molecular weight is 413 g/mol. The van der Waals surface area contributed by atoms with Crippen LogP contribution in [0.5, 0.6) is 23.0 Å². The summed E-state index contributed by atoms with van der Waals surface area (Å²) in [4.78, 5) is 23.2. The predicted octanol–water partition coefficient (Wildman–Crippen LogP) is 3.54. The van der Waals surface area contributed by atoms with Crippen LogP contribution in [-0.2, 0) is 10.3 Å². The molecule has 6 rings (SSSR count). The Kier molecular flexibility index (Phi) is 4.25. The fraction of sp³-hybridized carbons (Fsp3) is 0.0435. The first kappa shape index (κ1) is 18.6. The number of aromatic nitrogens is 3. The summed E-state index contributed by atoms with van der Waals surface area (Å²) < 4.78 is 11.8. The summed E-state index contributed by atoms with van der Waals surface area (Å²) in [6.07, 6.45) is 4.31. The first-order valence-corrected chi connectivity index (χ1v) is 9.32. The molecule has 1 aromatic heterocycles. The van der Waals surface area contributed by atoms with Gasteiger partial charge in [0.05, 0.1) is 5.56 Å². The van der Waals surface area contributed by atoms with Crippen molar-refractivity contribution in [3.8, 4) is 23.0 Å². The highest BCUT2D eigenvalue weighted by Crippen LogP contribution is 2.56. The molecular weight excluding hydrogens is 398 g/mol. The van der Waals surface area contributed by atoms with Gasteiger partial charge in [-0.2, -0.15) is 0 Å². The van der Waals surface area contributed by atoms with Crippen molar-refractivity contribution in [2.45, 2.75) is 5.60 Å². The molecule has 3 heterocycles. The molecule has 31 heavy (non-hydrogen) atoms. The topological polar surface area (TPSA) is 115 Å². The Balaban J connectivity index is 0.000000296. The normalized spacial score (nSPS) is 14.3. The second kappa shape index (κ2) is 7.10. The first-order valence-electron chi connectivity index (χ1n) is 9.32. The van der Waals surface area contributed by atoms with Crippen LogP contribution in [0.3, 0.4) is 0 Å². The van der Waals surface area contributed by atoms with E-state index in [1.54, 1.807) is 24.3 Å². The highest BCUT2D eigenvalue weighted by atomic mass is 16.6. The largest absolute Gasteiger partial charge is 0.508 e. The van der Waals surface area contributed by atoms with Crippen LogP contribution < -0.4 is 4.74 Å². The van der Waals surface area contributed by atoms with Gasteiger partial charge in [-0.15, -0.1) is 0 Å². The molecule has 152 valence electrons. The molecule has 0 bridgehead atoms. The van der Waals surface area contributed by atoms with Gasteiger partial charge in [-0.25, -0.2) is 19.7 Å². The van der Waals surface area contributed by atoms with Gasteiger partial charge in [-0.1, -0.05) is 18.2 Å². The van der Waals surface area contributed by atoms with Crippen LogP contribution in [0, 0.1) is 0 Å². The Morgan fingerprint density at radius 3 is 1.81 bits per heavy atom. The minimum atomic E-state index is -1.17. The van der Waals surface area contributed by atoms with E-state index >= 15 is 0 Å². The lowest BCUT2D eigenvalue weighted by Gasteiger charge is -2.36. The highest BCUT2D eigenvalue weighted by Gasteiger charge is 2.53. The van der Waals surface area contributed by atoms with Crippen molar-refractivity contribution in [3.63, 3.8) is 0 Å². The Morgan fingerprint density at radius 2 is 1.26 bits per heavy atom. The van der Waals surface area contributed by atoms with Crippen LogP contribution in [0.15, 0.2) is 79.6 Å². The molecule has 0 atom stereocenters. The zero-order valence-electron chi connectivity index (χ0n) is 16.0. The minimum Gasteiger partial charge on any atom is -0.508 e. The Hall–Kier alpha value is -4.46. The predicted molar refractivity (Wildman–Crippen MR) is 108 cm³/mol. The molecule has 4 aromatic rings. The zero-order chi connectivity index (χ0) is 21.4. The van der Waals surface area contributed by atoms with E-state index in [0.29, 0.717) is 33.8 Å². The van der Waals surface area contributed by atoms with E-state index in [-0.39, 0.29) is 11.5 Å². The van der Waals surface area contributed by atoms with E-state index in [2.05, 4.69) is 15.0 Å². The van der Waals surface area contributed by atoms with Crippen molar-refractivity contribution in [1.82, 2.24) is 15.0 Å². The third kappa shape index (κ3) is 2.93. The summed E-state index contributed by atoms with van der Waals surface area (Å²) in [5, 5.41) is 19.7. The zero-order valence-corrected chi connectivity index (χ0v) is 16.0.